The van der Waals surface area contributed by atoms with E-state index < -0.39 is 0 Å². The maximum atomic E-state index is 11.3. The largest absolute Gasteiger partial charge is 0.354 e. The van der Waals surface area contributed by atoms with Gasteiger partial charge in [0.2, 0.25) is 5.91 Å². The second-order valence-electron chi connectivity index (χ2n) is 3.47. The monoisotopic (exact) mass is 185 g/mol. The van der Waals surface area contributed by atoms with E-state index in [0.29, 0.717) is 0 Å². The van der Waals surface area contributed by atoms with E-state index in [0.717, 1.165) is 6.42 Å². The molecule has 13 heavy (non-hydrogen) atoms. The van der Waals surface area contributed by atoms with Crippen molar-refractivity contribution in [3.63, 3.8) is 0 Å². The molecule has 0 saturated carbocycles. The van der Waals surface area contributed by atoms with E-state index in [1.807, 2.05) is 27.7 Å². The van der Waals surface area contributed by atoms with Crippen molar-refractivity contribution < 1.29 is 4.79 Å². The molecule has 0 aliphatic heterocycles. The minimum Gasteiger partial charge on any atom is -0.354 e. The van der Waals surface area contributed by atoms with Crippen LogP contribution in [0.15, 0.2) is 0 Å². The number of carbonyl (C=O) groups is 1. The van der Waals surface area contributed by atoms with Crippen LogP contribution < -0.4 is 10.6 Å². The molecular weight excluding hydrogens is 166 g/mol. The van der Waals surface area contributed by atoms with Gasteiger partial charge < -0.3 is 5.32 Å². The van der Waals surface area contributed by atoms with Crippen molar-refractivity contribution in [2.75, 3.05) is 0 Å². The molecule has 1 amide bonds. The number of nitrogens with one attached hydrogen (secondary N) is 3. The molecule has 76 valence electrons. The summed E-state index contributed by atoms with van der Waals surface area (Å²) in [6, 6.07) is 0.171. The van der Waals surface area contributed by atoms with E-state index in [4.69, 9.17) is 5.41 Å². The number of rotatable bonds is 3. The van der Waals surface area contributed by atoms with Crippen LogP contribution in [-0.2, 0) is 4.79 Å². The Morgan fingerprint density at radius 2 is 1.92 bits per heavy atom. The highest BCUT2D eigenvalue weighted by atomic mass is 16.2. The second-order valence-corrected chi connectivity index (χ2v) is 3.47. The first-order valence-electron chi connectivity index (χ1n) is 4.63. The molecule has 0 aliphatic carbocycles. The zero-order valence-corrected chi connectivity index (χ0v) is 8.77. The fourth-order valence-corrected chi connectivity index (χ4v) is 0.757. The summed E-state index contributed by atoms with van der Waals surface area (Å²) in [4.78, 5) is 11.3. The van der Waals surface area contributed by atoms with E-state index in [9.17, 15) is 4.79 Å². The van der Waals surface area contributed by atoms with Gasteiger partial charge in [-0.3, -0.25) is 15.5 Å². The average Bonchev–Trinajstić information content (AvgIpc) is 2.01. The summed E-state index contributed by atoms with van der Waals surface area (Å²) in [5.74, 6) is -0.0461. The Labute approximate surface area is 79.6 Å². The molecule has 0 aliphatic rings. The van der Waals surface area contributed by atoms with Crippen molar-refractivity contribution in [3.8, 4) is 0 Å². The third-order valence-electron chi connectivity index (χ3n) is 1.74. The molecule has 0 aromatic heterocycles. The lowest BCUT2D eigenvalue weighted by Crippen LogP contribution is -2.44. The van der Waals surface area contributed by atoms with Crippen LogP contribution in [-0.4, -0.2) is 17.9 Å². The van der Waals surface area contributed by atoms with Gasteiger partial charge in [0.25, 0.3) is 0 Å². The van der Waals surface area contributed by atoms with Gasteiger partial charge in [-0.1, -0.05) is 13.8 Å². The van der Waals surface area contributed by atoms with Gasteiger partial charge in [-0.05, 0) is 20.3 Å². The first-order valence-corrected chi connectivity index (χ1v) is 4.63. The normalized spacial score (nSPS) is 12.4. The van der Waals surface area contributed by atoms with Crippen molar-refractivity contribution in [1.29, 1.82) is 5.41 Å². The van der Waals surface area contributed by atoms with Crippen LogP contribution >= 0.6 is 0 Å². The van der Waals surface area contributed by atoms with Gasteiger partial charge in [0.05, 0.1) is 0 Å². The van der Waals surface area contributed by atoms with Gasteiger partial charge in [0.15, 0.2) is 5.96 Å². The van der Waals surface area contributed by atoms with E-state index in [-0.39, 0.29) is 23.8 Å². The van der Waals surface area contributed by atoms with E-state index in [1.165, 1.54) is 0 Å². The number of amides is 1. The molecule has 4 nitrogen and oxygen atoms in total. The Morgan fingerprint density at radius 1 is 1.38 bits per heavy atom. The van der Waals surface area contributed by atoms with Crippen LogP contribution in [0.25, 0.3) is 0 Å². The number of guanidine groups is 1. The Bertz CT molecular complexity index is 189. The third-order valence-corrected chi connectivity index (χ3v) is 1.74. The summed E-state index contributed by atoms with van der Waals surface area (Å²) in [6.45, 7) is 7.63. The standard InChI is InChI=1S/C9H19N3O/c1-5-7(4)8(13)12-9(10)11-6(2)3/h6-7H,5H2,1-4H3,(H3,10,11,12,13). The Balaban J connectivity index is 3.85. The van der Waals surface area contributed by atoms with E-state index in [2.05, 4.69) is 10.6 Å². The van der Waals surface area contributed by atoms with Crippen molar-refractivity contribution in [2.24, 2.45) is 5.92 Å². The highest BCUT2D eigenvalue weighted by Crippen LogP contribution is 1.98. The zero-order chi connectivity index (χ0) is 10.4. The van der Waals surface area contributed by atoms with Gasteiger partial charge in [0, 0.05) is 12.0 Å². The smallest absolute Gasteiger partial charge is 0.229 e. The van der Waals surface area contributed by atoms with Crippen LogP contribution in [0.4, 0.5) is 0 Å². The summed E-state index contributed by atoms with van der Waals surface area (Å²) in [5.41, 5.74) is 0. The number of carbonyl (C=O) groups excluding carboxylic acids is 1. The fraction of sp³-hybridized carbons (Fsp3) is 0.778. The van der Waals surface area contributed by atoms with Crippen molar-refractivity contribution in [3.05, 3.63) is 0 Å². The van der Waals surface area contributed by atoms with Crippen molar-refractivity contribution in [1.82, 2.24) is 10.6 Å². The van der Waals surface area contributed by atoms with Gasteiger partial charge in [-0.15, -0.1) is 0 Å². The molecule has 0 aromatic carbocycles. The lowest BCUT2D eigenvalue weighted by atomic mass is 10.1. The summed E-state index contributed by atoms with van der Waals surface area (Å²) < 4.78 is 0. The molecule has 0 heterocycles. The summed E-state index contributed by atoms with van der Waals surface area (Å²) in [5, 5.41) is 12.7. The highest BCUT2D eigenvalue weighted by molar-refractivity contribution is 5.96. The predicted octanol–water partition coefficient (Wildman–Crippen LogP) is 1.08. The Hall–Kier alpha value is -1.06. The Morgan fingerprint density at radius 3 is 2.31 bits per heavy atom. The molecule has 1 unspecified atom stereocenters. The van der Waals surface area contributed by atoms with Crippen LogP contribution in [0.5, 0.6) is 0 Å². The summed E-state index contributed by atoms with van der Waals surface area (Å²) in [6.07, 6.45) is 0.792. The molecule has 0 radical (unpaired) electrons. The minimum atomic E-state index is -0.0966. The lowest BCUT2D eigenvalue weighted by molar-refractivity contribution is -0.123. The first kappa shape index (κ1) is 11.9. The lowest BCUT2D eigenvalue weighted by Gasteiger charge is -2.14. The quantitative estimate of drug-likeness (QED) is 0.455. The third kappa shape index (κ3) is 5.22. The molecular formula is C9H19N3O. The van der Waals surface area contributed by atoms with Crippen LogP contribution in [0.2, 0.25) is 0 Å². The van der Waals surface area contributed by atoms with Gasteiger partial charge in [-0.2, -0.15) is 0 Å². The maximum absolute atomic E-state index is 11.3. The average molecular weight is 185 g/mol. The maximum Gasteiger partial charge on any atom is 0.229 e. The number of hydrogen-bond donors (Lipinski definition) is 3. The SMILES string of the molecule is CCC(C)C(=O)NC(=N)NC(C)C. The van der Waals surface area contributed by atoms with Crippen LogP contribution in [0.3, 0.4) is 0 Å². The van der Waals surface area contributed by atoms with Gasteiger partial charge >= 0.3 is 0 Å². The van der Waals surface area contributed by atoms with Crippen LogP contribution in [0, 0.1) is 11.3 Å². The van der Waals surface area contributed by atoms with Gasteiger partial charge in [-0.25, -0.2) is 0 Å². The van der Waals surface area contributed by atoms with E-state index >= 15 is 0 Å². The molecule has 1 atom stereocenters. The van der Waals surface area contributed by atoms with Gasteiger partial charge in [0.1, 0.15) is 0 Å². The molecule has 0 bridgehead atoms. The fourth-order valence-electron chi connectivity index (χ4n) is 0.757. The summed E-state index contributed by atoms with van der Waals surface area (Å²) in [7, 11) is 0. The highest BCUT2D eigenvalue weighted by Gasteiger charge is 2.11. The van der Waals surface area contributed by atoms with Crippen molar-refractivity contribution in [2.45, 2.75) is 40.2 Å². The topological polar surface area (TPSA) is 65.0 Å². The molecule has 0 spiro atoms. The second kappa shape index (κ2) is 5.56. The molecule has 0 aromatic rings. The molecule has 0 fully saturated rings. The molecule has 3 N–H and O–H groups in total. The molecule has 4 heteroatoms. The van der Waals surface area contributed by atoms with Crippen molar-refractivity contribution >= 4 is 11.9 Å². The zero-order valence-electron chi connectivity index (χ0n) is 8.77. The van der Waals surface area contributed by atoms with Crippen LogP contribution in [0.1, 0.15) is 34.1 Å². The predicted molar refractivity (Wildman–Crippen MR) is 53.6 cm³/mol. The molecule has 0 saturated heterocycles. The summed E-state index contributed by atoms with van der Waals surface area (Å²) >= 11 is 0. The first-order chi connectivity index (χ1) is 5.97. The Kier molecular flexibility index (Phi) is 5.11. The molecule has 0 rings (SSSR count). The van der Waals surface area contributed by atoms with E-state index in [1.54, 1.807) is 0 Å². The minimum absolute atomic E-state index is 0.0330. The number of hydrogen-bond acceptors (Lipinski definition) is 2.